The van der Waals surface area contributed by atoms with E-state index in [1.165, 1.54) is 19.4 Å². The van der Waals surface area contributed by atoms with Gasteiger partial charge in [-0.15, -0.1) is 0 Å². The van der Waals surface area contributed by atoms with Crippen LogP contribution in [0.5, 0.6) is 0 Å². The highest BCUT2D eigenvalue weighted by Gasteiger charge is 2.32. The van der Waals surface area contributed by atoms with Crippen LogP contribution in [-0.4, -0.2) is 98.4 Å². The lowest BCUT2D eigenvalue weighted by Crippen LogP contribution is -2.60. The van der Waals surface area contributed by atoms with Gasteiger partial charge in [-0.2, -0.15) is 0 Å². The zero-order valence-electron chi connectivity index (χ0n) is 19.2. The zero-order valence-corrected chi connectivity index (χ0v) is 19.2. The molecule has 0 bridgehead atoms. The average molecular weight is 500 g/mol. The number of aliphatic hydroxyl groups is 2. The van der Waals surface area contributed by atoms with Gasteiger partial charge < -0.3 is 53.5 Å². The minimum Gasteiger partial charge on any atom is -0.480 e. The molecule has 0 aromatic carbocycles. The Kier molecular flexibility index (Phi) is 12.1. The van der Waals surface area contributed by atoms with Crippen LogP contribution in [0.1, 0.15) is 25.5 Å². The molecule has 0 spiro atoms. The quantitative estimate of drug-likeness (QED) is 0.0620. The number of guanidine groups is 1. The number of carboxylic acids is 1. The Balaban J connectivity index is 2.94. The van der Waals surface area contributed by atoms with Crippen LogP contribution in [-0.2, 0) is 25.6 Å². The fraction of sp³-hybridized carbons (Fsp3) is 0.579. The number of aliphatic carboxylic acids is 1. The van der Waals surface area contributed by atoms with E-state index in [1.807, 2.05) is 0 Å². The van der Waals surface area contributed by atoms with E-state index in [9.17, 15) is 29.4 Å². The summed E-state index contributed by atoms with van der Waals surface area (Å²) < 4.78 is 0. The van der Waals surface area contributed by atoms with Crippen molar-refractivity contribution in [2.45, 2.75) is 56.5 Å². The van der Waals surface area contributed by atoms with Gasteiger partial charge in [-0.1, -0.05) is 0 Å². The van der Waals surface area contributed by atoms with Crippen molar-refractivity contribution in [2.75, 3.05) is 13.2 Å². The summed E-state index contributed by atoms with van der Waals surface area (Å²) in [4.78, 5) is 59.6. The van der Waals surface area contributed by atoms with E-state index in [-0.39, 0.29) is 31.8 Å². The summed E-state index contributed by atoms with van der Waals surface area (Å²) in [5, 5.41) is 35.5. The molecule has 0 saturated heterocycles. The molecule has 0 aliphatic heterocycles. The number of hydrogen-bond donors (Lipinski definition) is 10. The number of aliphatic hydroxyl groups excluding tert-OH is 2. The number of hydrogen-bond acceptors (Lipinski definition) is 9. The first-order valence-electron chi connectivity index (χ1n) is 10.7. The van der Waals surface area contributed by atoms with Gasteiger partial charge in [0.1, 0.15) is 24.2 Å². The van der Waals surface area contributed by atoms with Crippen molar-refractivity contribution in [3.63, 3.8) is 0 Å². The first-order chi connectivity index (χ1) is 16.5. The highest BCUT2D eigenvalue weighted by atomic mass is 16.4. The van der Waals surface area contributed by atoms with E-state index in [1.54, 1.807) is 0 Å². The predicted octanol–water partition coefficient (Wildman–Crippen LogP) is -4.75. The number of amides is 3. The van der Waals surface area contributed by atoms with Crippen molar-refractivity contribution in [3.8, 4) is 0 Å². The van der Waals surface area contributed by atoms with E-state index in [0.29, 0.717) is 5.69 Å². The molecule has 13 N–H and O–H groups in total. The van der Waals surface area contributed by atoms with Gasteiger partial charge in [-0.05, 0) is 19.8 Å². The lowest BCUT2D eigenvalue weighted by Gasteiger charge is -2.26. The Morgan fingerprint density at radius 2 is 1.77 bits per heavy atom. The lowest BCUT2D eigenvalue weighted by molar-refractivity contribution is -0.143. The SMILES string of the molecule is CC(O)C(NC(=O)C(CCCN=C(N)N)NC(=O)C(N)CO)C(=O)NC(Cc1cnc[nH]1)C(=O)O. The number of H-pyrrole nitrogens is 1. The highest BCUT2D eigenvalue weighted by molar-refractivity contribution is 5.94. The van der Waals surface area contributed by atoms with Gasteiger partial charge in [-0.3, -0.25) is 19.4 Å². The fourth-order valence-electron chi connectivity index (χ4n) is 2.87. The maximum Gasteiger partial charge on any atom is 0.326 e. The topological polar surface area (TPSA) is 284 Å². The summed E-state index contributed by atoms with van der Waals surface area (Å²) in [5.41, 5.74) is 16.4. The van der Waals surface area contributed by atoms with Gasteiger partial charge in [0.05, 0.1) is 19.0 Å². The molecule has 1 heterocycles. The maximum absolute atomic E-state index is 12.9. The third kappa shape index (κ3) is 10.4. The first-order valence-corrected chi connectivity index (χ1v) is 10.7. The summed E-state index contributed by atoms with van der Waals surface area (Å²) in [6, 6.07) is -5.44. The van der Waals surface area contributed by atoms with Crippen LogP contribution >= 0.6 is 0 Å². The molecule has 3 amide bonds. The molecule has 5 unspecified atom stereocenters. The summed E-state index contributed by atoms with van der Waals surface area (Å²) in [6.07, 6.45) is 1.48. The minimum atomic E-state index is -1.55. The standard InChI is InChI=1S/C19H33N9O7/c1-9(30)14(17(33)27-13(18(34)35)5-10-6-23-8-25-10)28-16(32)12(3-2-4-24-19(21)22)26-15(31)11(20)7-29/h6,8-9,11-14,29-30H,2-5,7,20H2,1H3,(H,23,25)(H,26,31)(H,27,33)(H,28,32)(H,34,35)(H4,21,22,24). The Morgan fingerprint density at radius 3 is 2.29 bits per heavy atom. The summed E-state index contributed by atoms with van der Waals surface area (Å²) in [6.45, 7) is 0.700. The van der Waals surface area contributed by atoms with Crippen LogP contribution in [0.15, 0.2) is 17.5 Å². The van der Waals surface area contributed by atoms with Gasteiger partial charge in [-0.25, -0.2) is 9.78 Å². The van der Waals surface area contributed by atoms with E-state index in [0.717, 1.165) is 0 Å². The number of rotatable bonds is 15. The molecular formula is C19H33N9O7. The third-order valence-electron chi connectivity index (χ3n) is 4.77. The van der Waals surface area contributed by atoms with E-state index < -0.39 is 60.6 Å². The minimum absolute atomic E-state index is 0.0260. The van der Waals surface area contributed by atoms with Crippen molar-refractivity contribution in [2.24, 2.45) is 22.2 Å². The third-order valence-corrected chi connectivity index (χ3v) is 4.77. The Morgan fingerprint density at radius 1 is 1.11 bits per heavy atom. The zero-order chi connectivity index (χ0) is 26.5. The largest absolute Gasteiger partial charge is 0.480 e. The summed E-state index contributed by atoms with van der Waals surface area (Å²) >= 11 is 0. The average Bonchev–Trinajstić information content (AvgIpc) is 3.30. The lowest BCUT2D eigenvalue weighted by atomic mass is 10.1. The Bertz CT molecular complexity index is 872. The number of carbonyl (C=O) groups excluding carboxylic acids is 3. The number of nitrogens with zero attached hydrogens (tertiary/aromatic N) is 2. The molecule has 1 aromatic rings. The van der Waals surface area contributed by atoms with Crippen molar-refractivity contribution in [3.05, 3.63) is 18.2 Å². The molecule has 35 heavy (non-hydrogen) atoms. The smallest absolute Gasteiger partial charge is 0.326 e. The van der Waals surface area contributed by atoms with Crippen molar-refractivity contribution < 1.29 is 34.5 Å². The van der Waals surface area contributed by atoms with Gasteiger partial charge in [0.25, 0.3) is 0 Å². The number of nitrogens with one attached hydrogen (secondary N) is 4. The molecule has 0 fully saturated rings. The van der Waals surface area contributed by atoms with E-state index >= 15 is 0 Å². The van der Waals surface area contributed by atoms with Gasteiger partial charge in [0.2, 0.25) is 17.7 Å². The second kappa shape index (κ2) is 14.5. The number of carbonyl (C=O) groups is 4. The number of aromatic amines is 1. The van der Waals surface area contributed by atoms with Gasteiger partial charge in [0, 0.05) is 24.9 Å². The van der Waals surface area contributed by atoms with E-state index in [2.05, 4.69) is 30.9 Å². The van der Waals surface area contributed by atoms with Gasteiger partial charge >= 0.3 is 5.97 Å². The summed E-state index contributed by atoms with van der Waals surface area (Å²) in [7, 11) is 0. The molecule has 0 aliphatic rings. The van der Waals surface area contributed by atoms with Crippen LogP contribution < -0.4 is 33.2 Å². The molecule has 0 aliphatic carbocycles. The molecule has 0 radical (unpaired) electrons. The molecule has 0 saturated carbocycles. The normalized spacial score (nSPS) is 15.1. The van der Waals surface area contributed by atoms with Crippen LogP contribution in [0.4, 0.5) is 0 Å². The molecular weight excluding hydrogens is 466 g/mol. The highest BCUT2D eigenvalue weighted by Crippen LogP contribution is 2.04. The first kappa shape index (κ1) is 29.3. The summed E-state index contributed by atoms with van der Waals surface area (Å²) in [5.74, 6) is -4.14. The fourth-order valence-corrected chi connectivity index (χ4v) is 2.87. The van der Waals surface area contributed by atoms with Crippen molar-refractivity contribution in [1.82, 2.24) is 25.9 Å². The second-order valence-corrected chi connectivity index (χ2v) is 7.71. The molecule has 5 atom stereocenters. The Labute approximate surface area is 200 Å². The van der Waals surface area contributed by atoms with Crippen LogP contribution in [0, 0.1) is 0 Å². The molecule has 196 valence electrons. The van der Waals surface area contributed by atoms with Crippen molar-refractivity contribution in [1.29, 1.82) is 0 Å². The monoisotopic (exact) mass is 499 g/mol. The molecule has 1 rings (SSSR count). The molecule has 16 nitrogen and oxygen atoms in total. The maximum atomic E-state index is 12.9. The van der Waals surface area contributed by atoms with Crippen LogP contribution in [0.3, 0.4) is 0 Å². The molecule has 1 aromatic heterocycles. The van der Waals surface area contributed by atoms with Crippen molar-refractivity contribution >= 4 is 29.7 Å². The number of aliphatic imine (C=N–C) groups is 1. The van der Waals surface area contributed by atoms with Gasteiger partial charge in [0.15, 0.2) is 5.96 Å². The Hall–Kier alpha value is -3.76. The second-order valence-electron chi connectivity index (χ2n) is 7.71. The molecule has 16 heteroatoms. The number of imidazole rings is 1. The number of carboxylic acid groups (broad SMARTS) is 1. The van der Waals surface area contributed by atoms with Crippen LogP contribution in [0.2, 0.25) is 0 Å². The van der Waals surface area contributed by atoms with Crippen LogP contribution in [0.25, 0.3) is 0 Å². The predicted molar refractivity (Wildman–Crippen MR) is 122 cm³/mol. The van der Waals surface area contributed by atoms with E-state index in [4.69, 9.17) is 22.3 Å². The number of nitrogens with two attached hydrogens (primary N) is 3. The number of aromatic nitrogens is 2.